The Labute approximate surface area is 108 Å². The molecule has 1 aliphatic rings. The van der Waals surface area contributed by atoms with Crippen LogP contribution >= 0.6 is 0 Å². The summed E-state index contributed by atoms with van der Waals surface area (Å²) in [6, 6.07) is 3.66. The maximum Gasteiger partial charge on any atom is 0.269 e. The fourth-order valence-corrected chi connectivity index (χ4v) is 2.04. The van der Waals surface area contributed by atoms with E-state index in [4.69, 9.17) is 0 Å². The van der Waals surface area contributed by atoms with Crippen LogP contribution in [0.1, 0.15) is 37.2 Å². The number of hydrogen-bond donors (Lipinski definition) is 2. The molecule has 1 unspecified atom stereocenters. The Kier molecular flexibility index (Phi) is 4.18. The van der Waals surface area contributed by atoms with Gasteiger partial charge in [-0.1, -0.05) is 6.92 Å². The number of nitrogens with one attached hydrogen (secondary N) is 2. The summed E-state index contributed by atoms with van der Waals surface area (Å²) in [7, 11) is 0. The Balaban J connectivity index is 1.88. The third-order valence-corrected chi connectivity index (χ3v) is 3.38. The summed E-state index contributed by atoms with van der Waals surface area (Å²) in [5.41, 5.74) is 1.42. The molecule has 1 aromatic heterocycles. The molecule has 1 saturated carbocycles. The highest BCUT2D eigenvalue weighted by molar-refractivity contribution is 5.93. The van der Waals surface area contributed by atoms with E-state index in [1.165, 1.54) is 12.8 Å². The summed E-state index contributed by atoms with van der Waals surface area (Å²) in [5.74, 6) is 1.31. The van der Waals surface area contributed by atoms with E-state index in [1.54, 1.807) is 12.3 Å². The highest BCUT2D eigenvalue weighted by Crippen LogP contribution is 2.36. The molecule has 1 heterocycles. The smallest absolute Gasteiger partial charge is 0.269 e. The summed E-state index contributed by atoms with van der Waals surface area (Å²) in [6.07, 6.45) is 4.29. The quantitative estimate of drug-likeness (QED) is 0.811. The van der Waals surface area contributed by atoms with Crippen molar-refractivity contribution >= 4 is 11.6 Å². The molecule has 98 valence electrons. The van der Waals surface area contributed by atoms with Gasteiger partial charge in [0, 0.05) is 25.0 Å². The van der Waals surface area contributed by atoms with Crippen molar-refractivity contribution in [2.75, 3.05) is 18.4 Å². The van der Waals surface area contributed by atoms with Crippen LogP contribution in [0, 0.1) is 11.8 Å². The summed E-state index contributed by atoms with van der Waals surface area (Å²) >= 11 is 0. The number of carbonyl (C=O) groups excluding carboxylic acids is 1. The molecule has 0 bridgehead atoms. The number of anilines is 1. The first-order valence-corrected chi connectivity index (χ1v) is 6.68. The summed E-state index contributed by atoms with van der Waals surface area (Å²) in [4.78, 5) is 16.1. The average molecular weight is 247 g/mol. The molecule has 1 amide bonds. The first kappa shape index (κ1) is 12.9. The lowest BCUT2D eigenvalue weighted by molar-refractivity contribution is 0.0942. The normalized spacial score (nSPS) is 16.1. The standard InChI is InChI=1S/C14H21N3O/c1-3-15-12-6-7-16-13(8-12)14(18)17-9-10(2)11-4-5-11/h6-8,10-11H,3-5,9H2,1-2H3,(H,15,16)(H,17,18). The van der Waals surface area contributed by atoms with E-state index in [0.717, 1.165) is 24.7 Å². The van der Waals surface area contributed by atoms with E-state index < -0.39 is 0 Å². The molecule has 0 spiro atoms. The van der Waals surface area contributed by atoms with Gasteiger partial charge in [0.2, 0.25) is 0 Å². The van der Waals surface area contributed by atoms with Crippen LogP contribution in [0.15, 0.2) is 18.3 Å². The molecule has 0 aromatic carbocycles. The summed E-state index contributed by atoms with van der Waals surface area (Å²) in [5, 5.41) is 6.14. The van der Waals surface area contributed by atoms with Crippen molar-refractivity contribution in [2.45, 2.75) is 26.7 Å². The van der Waals surface area contributed by atoms with Crippen LogP contribution in [0.25, 0.3) is 0 Å². The fourth-order valence-electron chi connectivity index (χ4n) is 2.04. The molecule has 1 aromatic rings. The molecular formula is C14H21N3O. The molecule has 0 radical (unpaired) electrons. The Morgan fingerprint density at radius 3 is 3.00 bits per heavy atom. The number of rotatable bonds is 6. The zero-order valence-electron chi connectivity index (χ0n) is 11.1. The van der Waals surface area contributed by atoms with Crippen molar-refractivity contribution < 1.29 is 4.79 Å². The average Bonchev–Trinajstić information content (AvgIpc) is 3.20. The van der Waals surface area contributed by atoms with Gasteiger partial charge < -0.3 is 10.6 Å². The van der Waals surface area contributed by atoms with Gasteiger partial charge in [-0.25, -0.2) is 0 Å². The van der Waals surface area contributed by atoms with E-state index in [9.17, 15) is 4.79 Å². The molecule has 4 heteroatoms. The van der Waals surface area contributed by atoms with Gasteiger partial charge in [-0.15, -0.1) is 0 Å². The number of pyridine rings is 1. The van der Waals surface area contributed by atoms with Gasteiger partial charge in [-0.3, -0.25) is 9.78 Å². The Bertz CT molecular complexity index is 415. The Morgan fingerprint density at radius 1 is 1.56 bits per heavy atom. The van der Waals surface area contributed by atoms with Crippen LogP contribution in [0.5, 0.6) is 0 Å². The highest BCUT2D eigenvalue weighted by atomic mass is 16.1. The van der Waals surface area contributed by atoms with Crippen molar-refractivity contribution in [3.05, 3.63) is 24.0 Å². The van der Waals surface area contributed by atoms with Gasteiger partial charge in [0.25, 0.3) is 5.91 Å². The van der Waals surface area contributed by atoms with Crippen LogP contribution in [-0.4, -0.2) is 24.0 Å². The van der Waals surface area contributed by atoms with Gasteiger partial charge in [-0.2, -0.15) is 0 Å². The zero-order valence-corrected chi connectivity index (χ0v) is 11.1. The minimum Gasteiger partial charge on any atom is -0.385 e. The van der Waals surface area contributed by atoms with E-state index in [-0.39, 0.29) is 5.91 Å². The molecular weight excluding hydrogens is 226 g/mol. The van der Waals surface area contributed by atoms with E-state index >= 15 is 0 Å². The highest BCUT2D eigenvalue weighted by Gasteiger charge is 2.27. The Hall–Kier alpha value is -1.58. The van der Waals surface area contributed by atoms with Gasteiger partial charge in [0.15, 0.2) is 0 Å². The largest absolute Gasteiger partial charge is 0.385 e. The Morgan fingerprint density at radius 2 is 2.33 bits per heavy atom. The molecule has 2 N–H and O–H groups in total. The lowest BCUT2D eigenvalue weighted by Crippen LogP contribution is -2.29. The van der Waals surface area contributed by atoms with Gasteiger partial charge in [0.1, 0.15) is 5.69 Å². The van der Waals surface area contributed by atoms with E-state index in [2.05, 4.69) is 22.5 Å². The van der Waals surface area contributed by atoms with Crippen LogP contribution in [-0.2, 0) is 0 Å². The molecule has 18 heavy (non-hydrogen) atoms. The predicted octanol–water partition coefficient (Wildman–Crippen LogP) is 2.29. The molecule has 1 aliphatic carbocycles. The second kappa shape index (κ2) is 5.85. The van der Waals surface area contributed by atoms with Gasteiger partial charge in [0.05, 0.1) is 0 Å². The number of aromatic nitrogens is 1. The van der Waals surface area contributed by atoms with Crippen molar-refractivity contribution in [1.29, 1.82) is 0 Å². The van der Waals surface area contributed by atoms with Crippen LogP contribution in [0.3, 0.4) is 0 Å². The van der Waals surface area contributed by atoms with Crippen LogP contribution in [0.2, 0.25) is 0 Å². The predicted molar refractivity (Wildman–Crippen MR) is 72.6 cm³/mol. The van der Waals surface area contributed by atoms with E-state index in [0.29, 0.717) is 11.6 Å². The third kappa shape index (κ3) is 3.45. The number of hydrogen-bond acceptors (Lipinski definition) is 3. The van der Waals surface area contributed by atoms with Crippen LogP contribution < -0.4 is 10.6 Å². The maximum absolute atomic E-state index is 11.9. The molecule has 2 rings (SSSR count). The second-order valence-electron chi connectivity index (χ2n) is 4.98. The SMILES string of the molecule is CCNc1ccnc(C(=O)NCC(C)C2CC2)c1. The van der Waals surface area contributed by atoms with Crippen molar-refractivity contribution in [3.8, 4) is 0 Å². The molecule has 1 atom stereocenters. The van der Waals surface area contributed by atoms with Crippen molar-refractivity contribution in [3.63, 3.8) is 0 Å². The monoisotopic (exact) mass is 247 g/mol. The molecule has 0 saturated heterocycles. The van der Waals surface area contributed by atoms with Crippen LogP contribution in [0.4, 0.5) is 5.69 Å². The van der Waals surface area contributed by atoms with Gasteiger partial charge >= 0.3 is 0 Å². The minimum atomic E-state index is -0.0812. The van der Waals surface area contributed by atoms with Crippen molar-refractivity contribution in [1.82, 2.24) is 10.3 Å². The summed E-state index contributed by atoms with van der Waals surface area (Å²) < 4.78 is 0. The minimum absolute atomic E-state index is 0.0812. The number of nitrogens with zero attached hydrogens (tertiary/aromatic N) is 1. The van der Waals surface area contributed by atoms with E-state index in [1.807, 2.05) is 13.0 Å². The molecule has 1 fully saturated rings. The first-order chi connectivity index (χ1) is 8.70. The molecule has 0 aliphatic heterocycles. The number of amides is 1. The maximum atomic E-state index is 11.9. The van der Waals surface area contributed by atoms with Gasteiger partial charge in [-0.05, 0) is 43.7 Å². The lowest BCUT2D eigenvalue weighted by Gasteiger charge is -2.11. The van der Waals surface area contributed by atoms with Crippen molar-refractivity contribution in [2.24, 2.45) is 11.8 Å². The lowest BCUT2D eigenvalue weighted by atomic mass is 10.1. The number of carbonyl (C=O) groups is 1. The fraction of sp³-hybridized carbons (Fsp3) is 0.571. The summed E-state index contributed by atoms with van der Waals surface area (Å²) in [6.45, 7) is 5.80. The topological polar surface area (TPSA) is 54.0 Å². The second-order valence-corrected chi connectivity index (χ2v) is 4.98. The first-order valence-electron chi connectivity index (χ1n) is 6.68. The zero-order chi connectivity index (χ0) is 13.0. The molecule has 4 nitrogen and oxygen atoms in total. The third-order valence-electron chi connectivity index (χ3n) is 3.38.